The van der Waals surface area contributed by atoms with Crippen molar-refractivity contribution in [1.82, 2.24) is 15.1 Å². The Labute approximate surface area is 132 Å². The first-order chi connectivity index (χ1) is 10.6. The highest BCUT2D eigenvalue weighted by Crippen LogP contribution is 2.17. The van der Waals surface area contributed by atoms with Crippen molar-refractivity contribution in [3.8, 4) is 0 Å². The van der Waals surface area contributed by atoms with Crippen molar-refractivity contribution in [2.75, 3.05) is 66.6 Å². The summed E-state index contributed by atoms with van der Waals surface area (Å²) in [5.74, 6) is 0.190. The van der Waals surface area contributed by atoms with Crippen LogP contribution in [-0.4, -0.2) is 88.3 Å². The topological polar surface area (TPSA) is 66.3 Å². The Balaban J connectivity index is 1.63. The summed E-state index contributed by atoms with van der Waals surface area (Å²) in [5, 5.41) is 3.05. The average molecular weight is 313 g/mol. The van der Waals surface area contributed by atoms with E-state index < -0.39 is 0 Å². The molecule has 0 unspecified atom stereocenters. The summed E-state index contributed by atoms with van der Waals surface area (Å²) in [5.41, 5.74) is 0. The Hall–Kier alpha value is -1.34. The lowest BCUT2D eigenvalue weighted by Gasteiger charge is -2.33. The van der Waals surface area contributed by atoms with E-state index in [-0.39, 0.29) is 17.9 Å². The third kappa shape index (κ3) is 4.84. The molecular formula is C15H29N4O3+. The second kappa shape index (κ2) is 8.33. The molecule has 7 nitrogen and oxygen atoms in total. The Bertz CT molecular complexity index is 375. The summed E-state index contributed by atoms with van der Waals surface area (Å²) < 4.78 is 5.32. The summed E-state index contributed by atoms with van der Waals surface area (Å²) in [4.78, 5) is 29.0. The van der Waals surface area contributed by atoms with E-state index in [1.807, 2.05) is 4.90 Å². The predicted molar refractivity (Wildman–Crippen MR) is 82.8 cm³/mol. The highest BCUT2D eigenvalue weighted by atomic mass is 16.5. The van der Waals surface area contributed by atoms with Crippen molar-refractivity contribution < 1.29 is 19.2 Å². The molecule has 2 saturated heterocycles. The van der Waals surface area contributed by atoms with Crippen molar-refractivity contribution in [3.63, 3.8) is 0 Å². The van der Waals surface area contributed by atoms with Gasteiger partial charge in [-0.2, -0.15) is 0 Å². The number of morpholine rings is 1. The maximum atomic E-state index is 12.2. The maximum absolute atomic E-state index is 12.2. The zero-order valence-electron chi connectivity index (χ0n) is 13.8. The van der Waals surface area contributed by atoms with Crippen molar-refractivity contribution >= 4 is 11.9 Å². The van der Waals surface area contributed by atoms with E-state index in [2.05, 4.69) is 5.32 Å². The minimum atomic E-state index is 0.0368. The number of nitrogens with one attached hydrogen (secondary N) is 2. The molecule has 0 radical (unpaired) electrons. The molecule has 126 valence electrons. The highest BCUT2D eigenvalue weighted by Gasteiger charge is 2.28. The van der Waals surface area contributed by atoms with Gasteiger partial charge in [-0.15, -0.1) is 0 Å². The van der Waals surface area contributed by atoms with Crippen LogP contribution >= 0.6 is 0 Å². The van der Waals surface area contributed by atoms with Crippen molar-refractivity contribution in [2.45, 2.75) is 12.8 Å². The van der Waals surface area contributed by atoms with Crippen molar-refractivity contribution in [3.05, 3.63) is 0 Å². The molecule has 2 heterocycles. The van der Waals surface area contributed by atoms with Crippen molar-refractivity contribution in [1.29, 1.82) is 0 Å². The van der Waals surface area contributed by atoms with Crippen LogP contribution in [0.4, 0.5) is 4.79 Å². The van der Waals surface area contributed by atoms with Gasteiger partial charge in [0.05, 0.1) is 26.3 Å². The second-order valence-electron chi connectivity index (χ2n) is 6.34. The normalized spacial score (nSPS) is 20.7. The van der Waals surface area contributed by atoms with Gasteiger partial charge in [0.1, 0.15) is 13.1 Å². The second-order valence-corrected chi connectivity index (χ2v) is 6.34. The van der Waals surface area contributed by atoms with E-state index in [1.165, 1.54) is 4.90 Å². The van der Waals surface area contributed by atoms with E-state index in [4.69, 9.17) is 4.74 Å². The molecule has 0 aromatic heterocycles. The number of hydrogen-bond donors (Lipinski definition) is 2. The van der Waals surface area contributed by atoms with Crippen LogP contribution in [-0.2, 0) is 9.53 Å². The summed E-state index contributed by atoms with van der Waals surface area (Å²) in [6, 6.07) is 0.0368. The van der Waals surface area contributed by atoms with Crippen LogP contribution in [0.25, 0.3) is 0 Å². The quantitative estimate of drug-likeness (QED) is 0.658. The van der Waals surface area contributed by atoms with Crippen molar-refractivity contribution in [2.24, 2.45) is 5.92 Å². The molecule has 22 heavy (non-hydrogen) atoms. The molecule has 0 saturated carbocycles. The van der Waals surface area contributed by atoms with E-state index in [0.717, 1.165) is 52.2 Å². The first-order valence-corrected chi connectivity index (χ1v) is 8.23. The first kappa shape index (κ1) is 17.0. The van der Waals surface area contributed by atoms with Gasteiger partial charge in [0.25, 0.3) is 0 Å². The number of quaternary nitrogens is 1. The Morgan fingerprint density at radius 1 is 1.23 bits per heavy atom. The summed E-state index contributed by atoms with van der Waals surface area (Å²) >= 11 is 0. The number of nitrogens with zero attached hydrogens (tertiary/aromatic N) is 2. The highest BCUT2D eigenvalue weighted by molar-refractivity contribution is 5.79. The fourth-order valence-corrected chi connectivity index (χ4v) is 3.03. The van der Waals surface area contributed by atoms with E-state index in [1.54, 1.807) is 19.0 Å². The summed E-state index contributed by atoms with van der Waals surface area (Å²) in [7, 11) is 3.52. The van der Waals surface area contributed by atoms with Crippen LogP contribution in [0.15, 0.2) is 0 Å². The number of ether oxygens (including phenoxy) is 1. The number of rotatable bonds is 4. The minimum absolute atomic E-state index is 0.0368. The molecule has 0 aromatic rings. The molecule has 2 aliphatic rings. The number of carbonyl (C=O) groups is 2. The number of piperidine rings is 1. The molecule has 0 atom stereocenters. The van der Waals surface area contributed by atoms with Crippen LogP contribution in [0.1, 0.15) is 12.8 Å². The minimum Gasteiger partial charge on any atom is -0.370 e. The largest absolute Gasteiger partial charge is 0.370 e. The molecule has 2 N–H and O–H groups in total. The zero-order chi connectivity index (χ0) is 15.9. The van der Waals surface area contributed by atoms with Gasteiger partial charge < -0.3 is 24.8 Å². The van der Waals surface area contributed by atoms with Gasteiger partial charge in [0.15, 0.2) is 0 Å². The zero-order valence-corrected chi connectivity index (χ0v) is 13.8. The first-order valence-electron chi connectivity index (χ1n) is 8.23. The van der Waals surface area contributed by atoms with E-state index >= 15 is 0 Å². The summed E-state index contributed by atoms with van der Waals surface area (Å²) in [6.07, 6.45) is 1.52. The third-order valence-corrected chi connectivity index (χ3v) is 4.50. The maximum Gasteiger partial charge on any atom is 0.319 e. The Kier molecular flexibility index (Phi) is 6.45. The average Bonchev–Trinajstić information content (AvgIpc) is 2.55. The van der Waals surface area contributed by atoms with Crippen LogP contribution in [0.2, 0.25) is 0 Å². The molecule has 2 rings (SSSR count). The lowest BCUT2D eigenvalue weighted by molar-refractivity contribution is -0.906. The predicted octanol–water partition coefficient (Wildman–Crippen LogP) is -1.59. The van der Waals surface area contributed by atoms with Crippen LogP contribution in [0, 0.1) is 5.92 Å². The van der Waals surface area contributed by atoms with Crippen LogP contribution < -0.4 is 10.2 Å². The summed E-state index contributed by atoms with van der Waals surface area (Å²) in [6.45, 7) is 6.73. The number of hydrogen-bond acceptors (Lipinski definition) is 3. The van der Waals surface area contributed by atoms with E-state index in [9.17, 15) is 9.59 Å². The van der Waals surface area contributed by atoms with Gasteiger partial charge in [-0.05, 0) is 12.8 Å². The molecular weight excluding hydrogens is 284 g/mol. The third-order valence-electron chi connectivity index (χ3n) is 4.50. The fourth-order valence-electron chi connectivity index (χ4n) is 3.03. The molecule has 0 bridgehead atoms. The molecule has 0 aromatic carbocycles. The molecule has 0 spiro atoms. The van der Waals surface area contributed by atoms with Gasteiger partial charge in [-0.25, -0.2) is 4.79 Å². The number of carbonyl (C=O) groups excluding carboxylic acids is 2. The Morgan fingerprint density at radius 2 is 1.86 bits per heavy atom. The lowest BCUT2D eigenvalue weighted by atomic mass is 9.96. The molecule has 3 amide bonds. The van der Waals surface area contributed by atoms with E-state index in [0.29, 0.717) is 13.1 Å². The van der Waals surface area contributed by atoms with Gasteiger partial charge in [-0.1, -0.05) is 0 Å². The molecule has 2 aliphatic heterocycles. The van der Waals surface area contributed by atoms with Gasteiger partial charge in [-0.3, -0.25) is 4.79 Å². The molecule has 0 aliphatic carbocycles. The number of urea groups is 1. The SMILES string of the molecule is CN(C)C(=O)N1CCC(C(=O)NCC[NH+]2CCOCC2)CC1. The standard InChI is InChI=1S/C15H28N4O3/c1-17(2)15(21)19-6-3-13(4-7-19)14(20)16-5-8-18-9-11-22-12-10-18/h13H,3-12H2,1-2H3,(H,16,20)/p+1. The van der Waals surface area contributed by atoms with Crippen LogP contribution in [0.5, 0.6) is 0 Å². The van der Waals surface area contributed by atoms with Gasteiger partial charge in [0.2, 0.25) is 5.91 Å². The number of amides is 3. The monoisotopic (exact) mass is 313 g/mol. The van der Waals surface area contributed by atoms with Crippen LogP contribution in [0.3, 0.4) is 0 Å². The number of likely N-dealkylation sites (tertiary alicyclic amines) is 1. The Morgan fingerprint density at radius 3 is 2.45 bits per heavy atom. The van der Waals surface area contributed by atoms with Gasteiger partial charge in [0, 0.05) is 33.1 Å². The van der Waals surface area contributed by atoms with Gasteiger partial charge >= 0.3 is 6.03 Å². The molecule has 2 fully saturated rings. The fraction of sp³-hybridized carbons (Fsp3) is 0.867. The molecule has 7 heteroatoms. The smallest absolute Gasteiger partial charge is 0.319 e. The lowest BCUT2D eigenvalue weighted by Crippen LogP contribution is -3.14.